The van der Waals surface area contributed by atoms with Crippen LogP contribution in [0.3, 0.4) is 0 Å². The van der Waals surface area contributed by atoms with Crippen LogP contribution in [-0.4, -0.2) is 9.78 Å². The van der Waals surface area contributed by atoms with Gasteiger partial charge in [-0.2, -0.15) is 0 Å². The van der Waals surface area contributed by atoms with E-state index in [0.717, 1.165) is 30.6 Å². The topological polar surface area (TPSA) is 37.8 Å². The third-order valence-corrected chi connectivity index (χ3v) is 2.83. The second-order valence-corrected chi connectivity index (χ2v) is 6.27. The summed E-state index contributed by atoms with van der Waals surface area (Å²) in [4.78, 5) is 12.4. The summed E-state index contributed by atoms with van der Waals surface area (Å²) in [5.41, 5.74) is 2.15. The van der Waals surface area contributed by atoms with Crippen LogP contribution in [0.25, 0.3) is 0 Å². The molecule has 0 saturated carbocycles. The molecule has 0 amide bonds. The molecule has 0 unspecified atom stereocenters. The largest absolute Gasteiger partial charge is 0.299 e. The van der Waals surface area contributed by atoms with Gasteiger partial charge in [-0.1, -0.05) is 48.0 Å². The van der Waals surface area contributed by atoms with Crippen LogP contribution in [-0.2, 0) is 18.4 Å². The lowest BCUT2D eigenvalue weighted by Crippen LogP contribution is -2.27. The number of aryl methyl sites for hydroxylation is 1. The summed E-state index contributed by atoms with van der Waals surface area (Å²) in [6.45, 7) is 13.5. The zero-order valence-electron chi connectivity index (χ0n) is 12.1. The highest BCUT2D eigenvalue weighted by atomic mass is 16.1. The molecule has 0 bridgehead atoms. The first kappa shape index (κ1) is 14.1. The molecule has 0 fully saturated rings. The quantitative estimate of drug-likeness (QED) is 0.860. The second-order valence-electron chi connectivity index (χ2n) is 6.27. The van der Waals surface area contributed by atoms with Gasteiger partial charge in [0.05, 0.1) is 0 Å². The Morgan fingerprint density at radius 1 is 1.29 bits per heavy atom. The van der Waals surface area contributed by atoms with Gasteiger partial charge < -0.3 is 0 Å². The molecule has 1 aromatic rings. The number of hydrogen-bond acceptors (Lipinski definition) is 1. The third-order valence-electron chi connectivity index (χ3n) is 2.83. The van der Waals surface area contributed by atoms with E-state index in [0.29, 0.717) is 5.92 Å². The summed E-state index contributed by atoms with van der Waals surface area (Å²) in [7, 11) is 0. The van der Waals surface area contributed by atoms with E-state index in [1.54, 1.807) is 4.68 Å². The molecule has 0 aliphatic rings. The average molecular weight is 238 g/mol. The highest BCUT2D eigenvalue weighted by Gasteiger charge is 2.25. The van der Waals surface area contributed by atoms with Gasteiger partial charge in [0.15, 0.2) is 0 Å². The van der Waals surface area contributed by atoms with E-state index in [4.69, 9.17) is 0 Å². The lowest BCUT2D eigenvalue weighted by Gasteiger charge is -2.17. The van der Waals surface area contributed by atoms with Crippen molar-refractivity contribution in [2.45, 2.75) is 66.3 Å². The molecule has 0 aliphatic carbocycles. The second kappa shape index (κ2) is 5.11. The smallest absolute Gasteiger partial charge is 0.270 e. The molecule has 0 spiro atoms. The van der Waals surface area contributed by atoms with Crippen molar-refractivity contribution in [3.8, 4) is 0 Å². The highest BCUT2D eigenvalue weighted by molar-refractivity contribution is 5.25. The SMILES string of the molecule is CCCc1[nH]n(CC(C)C)c(=O)c1C(C)(C)C. The van der Waals surface area contributed by atoms with Gasteiger partial charge in [0.2, 0.25) is 0 Å². The molecule has 0 aromatic carbocycles. The van der Waals surface area contributed by atoms with E-state index in [9.17, 15) is 4.79 Å². The standard InChI is InChI=1S/C14H26N2O/c1-7-8-11-12(14(4,5)6)13(17)16(15-11)9-10(2)3/h10,15H,7-9H2,1-6H3. The minimum atomic E-state index is -0.0830. The molecule has 3 heteroatoms. The molecular formula is C14H26N2O. The Kier molecular flexibility index (Phi) is 4.23. The van der Waals surface area contributed by atoms with Crippen LogP contribution in [0.1, 0.15) is 59.2 Å². The van der Waals surface area contributed by atoms with Crippen molar-refractivity contribution < 1.29 is 0 Å². The lowest BCUT2D eigenvalue weighted by atomic mass is 9.86. The van der Waals surface area contributed by atoms with Crippen LogP contribution in [0.2, 0.25) is 0 Å². The maximum absolute atomic E-state index is 12.4. The van der Waals surface area contributed by atoms with Crippen molar-refractivity contribution >= 4 is 0 Å². The van der Waals surface area contributed by atoms with E-state index in [2.05, 4.69) is 46.6 Å². The van der Waals surface area contributed by atoms with Crippen LogP contribution in [0, 0.1) is 5.92 Å². The van der Waals surface area contributed by atoms with Gasteiger partial charge in [0.25, 0.3) is 5.56 Å². The fourth-order valence-corrected chi connectivity index (χ4v) is 2.23. The fraction of sp³-hybridized carbons (Fsp3) is 0.786. The van der Waals surface area contributed by atoms with Gasteiger partial charge >= 0.3 is 0 Å². The normalized spacial score (nSPS) is 12.4. The fourth-order valence-electron chi connectivity index (χ4n) is 2.23. The summed E-state index contributed by atoms with van der Waals surface area (Å²) in [5.74, 6) is 0.480. The van der Waals surface area contributed by atoms with Crippen LogP contribution in [0.4, 0.5) is 0 Å². The van der Waals surface area contributed by atoms with Gasteiger partial charge in [-0.25, -0.2) is 0 Å². The van der Waals surface area contributed by atoms with Crippen LogP contribution >= 0.6 is 0 Å². The first-order valence-electron chi connectivity index (χ1n) is 6.59. The predicted octanol–water partition coefficient (Wildman–Crippen LogP) is 3.08. The van der Waals surface area contributed by atoms with E-state index >= 15 is 0 Å². The average Bonchev–Trinajstić information content (AvgIpc) is 2.41. The van der Waals surface area contributed by atoms with Gasteiger partial charge in [0, 0.05) is 17.8 Å². The summed E-state index contributed by atoms with van der Waals surface area (Å²) in [6.07, 6.45) is 2.01. The predicted molar refractivity (Wildman–Crippen MR) is 72.6 cm³/mol. The van der Waals surface area contributed by atoms with Crippen molar-refractivity contribution in [3.05, 3.63) is 21.6 Å². The number of nitrogens with zero attached hydrogens (tertiary/aromatic N) is 1. The molecule has 1 aromatic heterocycles. The van der Waals surface area contributed by atoms with Crippen molar-refractivity contribution in [2.24, 2.45) is 5.92 Å². The van der Waals surface area contributed by atoms with E-state index in [1.165, 1.54) is 0 Å². The van der Waals surface area contributed by atoms with E-state index < -0.39 is 0 Å². The number of rotatable bonds is 4. The van der Waals surface area contributed by atoms with Crippen molar-refractivity contribution in [1.82, 2.24) is 9.78 Å². The molecule has 17 heavy (non-hydrogen) atoms. The van der Waals surface area contributed by atoms with Crippen LogP contribution in [0.5, 0.6) is 0 Å². The van der Waals surface area contributed by atoms with Crippen LogP contribution < -0.4 is 5.56 Å². The Balaban J connectivity index is 3.26. The Morgan fingerprint density at radius 3 is 2.29 bits per heavy atom. The molecule has 1 heterocycles. The molecule has 0 atom stereocenters. The Labute approximate surface area is 104 Å². The van der Waals surface area contributed by atoms with Gasteiger partial charge in [0.1, 0.15) is 0 Å². The highest BCUT2D eigenvalue weighted by Crippen LogP contribution is 2.22. The summed E-state index contributed by atoms with van der Waals surface area (Å²) < 4.78 is 1.77. The summed E-state index contributed by atoms with van der Waals surface area (Å²) in [6, 6.07) is 0. The summed E-state index contributed by atoms with van der Waals surface area (Å²) in [5, 5.41) is 3.29. The van der Waals surface area contributed by atoms with E-state index in [-0.39, 0.29) is 11.0 Å². The Hall–Kier alpha value is -0.990. The zero-order valence-corrected chi connectivity index (χ0v) is 12.1. The van der Waals surface area contributed by atoms with E-state index in [1.807, 2.05) is 0 Å². The monoisotopic (exact) mass is 238 g/mol. The molecule has 0 aliphatic heterocycles. The Morgan fingerprint density at radius 2 is 1.88 bits per heavy atom. The number of aromatic amines is 1. The minimum absolute atomic E-state index is 0.0830. The van der Waals surface area contributed by atoms with Gasteiger partial charge in [-0.15, -0.1) is 0 Å². The van der Waals surface area contributed by atoms with Gasteiger partial charge in [-0.3, -0.25) is 14.6 Å². The first-order valence-corrected chi connectivity index (χ1v) is 6.59. The number of H-pyrrole nitrogens is 1. The van der Waals surface area contributed by atoms with Crippen molar-refractivity contribution in [1.29, 1.82) is 0 Å². The van der Waals surface area contributed by atoms with Crippen LogP contribution in [0.15, 0.2) is 4.79 Å². The van der Waals surface area contributed by atoms with Crippen molar-refractivity contribution in [3.63, 3.8) is 0 Å². The maximum Gasteiger partial charge on any atom is 0.270 e. The number of nitrogens with one attached hydrogen (secondary N) is 1. The molecule has 0 saturated heterocycles. The minimum Gasteiger partial charge on any atom is -0.299 e. The lowest BCUT2D eigenvalue weighted by molar-refractivity contribution is 0.467. The Bertz CT molecular complexity index is 418. The molecule has 0 radical (unpaired) electrons. The first-order chi connectivity index (χ1) is 7.77. The number of aromatic nitrogens is 2. The zero-order chi connectivity index (χ0) is 13.2. The summed E-state index contributed by atoms with van der Waals surface area (Å²) >= 11 is 0. The maximum atomic E-state index is 12.4. The molecule has 1 N–H and O–H groups in total. The number of hydrogen-bond donors (Lipinski definition) is 1. The molecule has 3 nitrogen and oxygen atoms in total. The van der Waals surface area contributed by atoms with Crippen molar-refractivity contribution in [2.75, 3.05) is 0 Å². The van der Waals surface area contributed by atoms with Gasteiger partial charge in [-0.05, 0) is 17.8 Å². The molecule has 98 valence electrons. The molecule has 1 rings (SSSR count). The third kappa shape index (κ3) is 3.24. The molecular weight excluding hydrogens is 212 g/mol.